The van der Waals surface area contributed by atoms with Crippen LogP contribution in [-0.2, 0) is 4.74 Å². The van der Waals surface area contributed by atoms with Crippen molar-refractivity contribution in [2.24, 2.45) is 10.8 Å². The molecule has 140 valence electrons. The highest BCUT2D eigenvalue weighted by Gasteiger charge is 2.44. The fourth-order valence-corrected chi connectivity index (χ4v) is 2.17. The molecule has 1 fully saturated rings. The SMILES string of the molecule is N#C/C(=N\Nc1ccc(OC2OC(CO)C(O)C(O)C2O)cc1)C(=N)N. The van der Waals surface area contributed by atoms with Crippen molar-refractivity contribution in [1.82, 2.24) is 0 Å². The number of anilines is 1. The van der Waals surface area contributed by atoms with Gasteiger partial charge in [0, 0.05) is 0 Å². The molecule has 26 heavy (non-hydrogen) atoms. The fourth-order valence-electron chi connectivity index (χ4n) is 2.17. The highest BCUT2D eigenvalue weighted by atomic mass is 16.7. The Kier molecular flexibility index (Phi) is 6.45. The quantitative estimate of drug-likeness (QED) is 0.171. The average Bonchev–Trinajstić information content (AvgIpc) is 2.63. The van der Waals surface area contributed by atoms with Gasteiger partial charge in [-0.25, -0.2) is 0 Å². The van der Waals surface area contributed by atoms with Crippen LogP contribution in [0.4, 0.5) is 5.69 Å². The van der Waals surface area contributed by atoms with E-state index in [0.29, 0.717) is 5.69 Å². The summed E-state index contributed by atoms with van der Waals surface area (Å²) in [6, 6.07) is 7.74. The van der Waals surface area contributed by atoms with E-state index in [-0.39, 0.29) is 11.5 Å². The second kappa shape index (κ2) is 8.56. The summed E-state index contributed by atoms with van der Waals surface area (Å²) in [5, 5.41) is 58.1. The molecule has 0 bridgehead atoms. The number of nitrogens with two attached hydrogens (primary N) is 1. The van der Waals surface area contributed by atoms with Crippen LogP contribution in [0.5, 0.6) is 5.75 Å². The molecule has 1 aliphatic heterocycles. The van der Waals surface area contributed by atoms with Gasteiger partial charge in [0.05, 0.1) is 12.3 Å². The zero-order valence-corrected chi connectivity index (χ0v) is 13.5. The normalized spacial score (nSPS) is 28.9. The lowest BCUT2D eigenvalue weighted by atomic mass is 9.99. The van der Waals surface area contributed by atoms with Gasteiger partial charge < -0.3 is 35.6 Å². The van der Waals surface area contributed by atoms with Crippen LogP contribution < -0.4 is 15.9 Å². The summed E-state index contributed by atoms with van der Waals surface area (Å²) in [6.45, 7) is -0.553. The predicted molar refractivity (Wildman–Crippen MR) is 89.4 cm³/mol. The molecule has 1 aromatic rings. The minimum Gasteiger partial charge on any atom is -0.462 e. The fraction of sp³-hybridized carbons (Fsp3) is 0.400. The smallest absolute Gasteiger partial charge is 0.229 e. The molecule has 1 aliphatic rings. The summed E-state index contributed by atoms with van der Waals surface area (Å²) in [7, 11) is 0. The lowest BCUT2D eigenvalue weighted by Crippen LogP contribution is -2.60. The van der Waals surface area contributed by atoms with Crippen molar-refractivity contribution < 1.29 is 29.9 Å². The third-order valence-corrected chi connectivity index (χ3v) is 3.61. The van der Waals surface area contributed by atoms with E-state index < -0.39 is 43.1 Å². The average molecular weight is 365 g/mol. The molecule has 1 heterocycles. The Morgan fingerprint density at radius 3 is 2.46 bits per heavy atom. The number of hydrazone groups is 1. The van der Waals surface area contributed by atoms with Crippen LogP contribution in [0.3, 0.4) is 0 Å². The molecule has 2 rings (SSSR count). The molecule has 5 unspecified atom stereocenters. The standard InChI is InChI=1S/C15H19N5O6/c16-5-9(14(17)18)20-19-7-1-3-8(4-2-7)25-15-13(24)12(23)11(22)10(6-21)26-15/h1-4,10-13,15,19,21-24H,6H2,(H3,17,18)/b20-9+. The van der Waals surface area contributed by atoms with E-state index in [1.165, 1.54) is 24.3 Å². The summed E-state index contributed by atoms with van der Waals surface area (Å²) in [5.74, 6) is -0.196. The number of hydrogen-bond acceptors (Lipinski definition) is 10. The maximum absolute atomic E-state index is 9.93. The highest BCUT2D eigenvalue weighted by Crippen LogP contribution is 2.25. The number of aliphatic hydroxyl groups excluding tert-OH is 4. The van der Waals surface area contributed by atoms with Crippen molar-refractivity contribution in [1.29, 1.82) is 10.7 Å². The molecular formula is C15H19N5O6. The van der Waals surface area contributed by atoms with Crippen molar-refractivity contribution >= 4 is 17.2 Å². The number of nitrogens with one attached hydrogen (secondary N) is 2. The maximum Gasteiger partial charge on any atom is 0.229 e. The Balaban J connectivity index is 2.03. The molecule has 0 saturated carbocycles. The van der Waals surface area contributed by atoms with Gasteiger partial charge in [-0.05, 0) is 24.3 Å². The monoisotopic (exact) mass is 365 g/mol. The maximum atomic E-state index is 9.93. The molecule has 1 saturated heterocycles. The van der Waals surface area contributed by atoms with Gasteiger partial charge in [0.25, 0.3) is 0 Å². The number of amidine groups is 1. The molecule has 0 aromatic heterocycles. The van der Waals surface area contributed by atoms with E-state index in [4.69, 9.17) is 31.0 Å². The third-order valence-electron chi connectivity index (χ3n) is 3.61. The number of nitrogens with zero attached hydrogens (tertiary/aromatic N) is 2. The Morgan fingerprint density at radius 1 is 1.27 bits per heavy atom. The molecule has 0 radical (unpaired) electrons. The molecular weight excluding hydrogens is 346 g/mol. The first-order valence-electron chi connectivity index (χ1n) is 7.52. The summed E-state index contributed by atoms with van der Waals surface area (Å²) in [4.78, 5) is 0. The number of rotatable bonds is 6. The van der Waals surface area contributed by atoms with E-state index in [0.717, 1.165) is 0 Å². The predicted octanol–water partition coefficient (Wildman–Crippen LogP) is -1.91. The van der Waals surface area contributed by atoms with E-state index in [1.54, 1.807) is 6.07 Å². The van der Waals surface area contributed by atoms with Gasteiger partial charge in [-0.2, -0.15) is 10.4 Å². The highest BCUT2D eigenvalue weighted by molar-refractivity contribution is 6.45. The Hall–Kier alpha value is -2.75. The van der Waals surface area contributed by atoms with Crippen molar-refractivity contribution in [2.45, 2.75) is 30.7 Å². The van der Waals surface area contributed by atoms with Crippen molar-refractivity contribution in [2.75, 3.05) is 12.0 Å². The summed E-state index contributed by atoms with van der Waals surface area (Å²) < 4.78 is 10.7. The van der Waals surface area contributed by atoms with E-state index in [1.807, 2.05) is 0 Å². The lowest BCUT2D eigenvalue weighted by Gasteiger charge is -2.39. The van der Waals surface area contributed by atoms with Crippen molar-refractivity contribution in [3.05, 3.63) is 24.3 Å². The first-order chi connectivity index (χ1) is 12.4. The summed E-state index contributed by atoms with van der Waals surface area (Å²) in [6.07, 6.45) is -6.86. The van der Waals surface area contributed by atoms with Crippen LogP contribution in [-0.4, -0.2) is 69.3 Å². The second-order valence-electron chi connectivity index (χ2n) is 5.44. The number of ether oxygens (including phenoxy) is 2. The van der Waals surface area contributed by atoms with Crippen LogP contribution in [0.1, 0.15) is 0 Å². The number of benzene rings is 1. The van der Waals surface area contributed by atoms with Crippen molar-refractivity contribution in [3.8, 4) is 11.8 Å². The van der Waals surface area contributed by atoms with Gasteiger partial charge in [0.15, 0.2) is 5.84 Å². The molecule has 0 aliphatic carbocycles. The molecule has 11 nitrogen and oxygen atoms in total. The molecule has 8 N–H and O–H groups in total. The topological polar surface area (TPSA) is 197 Å². The molecule has 5 atom stereocenters. The number of aliphatic hydroxyl groups is 4. The molecule has 0 spiro atoms. The zero-order chi connectivity index (χ0) is 19.3. The van der Waals surface area contributed by atoms with Crippen LogP contribution in [0.25, 0.3) is 0 Å². The van der Waals surface area contributed by atoms with E-state index >= 15 is 0 Å². The lowest BCUT2D eigenvalue weighted by molar-refractivity contribution is -0.277. The van der Waals surface area contributed by atoms with Crippen LogP contribution in [0.2, 0.25) is 0 Å². The second-order valence-corrected chi connectivity index (χ2v) is 5.44. The first-order valence-corrected chi connectivity index (χ1v) is 7.52. The van der Waals surface area contributed by atoms with Crippen molar-refractivity contribution in [3.63, 3.8) is 0 Å². The number of nitriles is 1. The number of hydrogen-bond donors (Lipinski definition) is 7. The largest absolute Gasteiger partial charge is 0.462 e. The molecule has 1 aromatic carbocycles. The minimum atomic E-state index is -1.53. The molecule has 11 heteroatoms. The van der Waals surface area contributed by atoms with E-state index in [9.17, 15) is 15.3 Å². The Labute approximate surface area is 148 Å². The summed E-state index contributed by atoms with van der Waals surface area (Å²) >= 11 is 0. The van der Waals surface area contributed by atoms with Gasteiger partial charge in [0.2, 0.25) is 12.0 Å². The minimum absolute atomic E-state index is 0.272. The first kappa shape index (κ1) is 19.6. The van der Waals surface area contributed by atoms with Gasteiger partial charge in [-0.1, -0.05) is 0 Å². The van der Waals surface area contributed by atoms with Crippen LogP contribution in [0.15, 0.2) is 29.4 Å². The Bertz CT molecular complexity index is 701. The van der Waals surface area contributed by atoms with Crippen LogP contribution >= 0.6 is 0 Å². The van der Waals surface area contributed by atoms with Crippen LogP contribution in [0, 0.1) is 16.7 Å². The zero-order valence-electron chi connectivity index (χ0n) is 13.5. The third kappa shape index (κ3) is 4.45. The van der Waals surface area contributed by atoms with E-state index in [2.05, 4.69) is 10.5 Å². The Morgan fingerprint density at radius 2 is 1.92 bits per heavy atom. The summed E-state index contributed by atoms with van der Waals surface area (Å²) in [5.41, 5.74) is 7.92. The van der Waals surface area contributed by atoms with Gasteiger partial charge in [0.1, 0.15) is 36.2 Å². The van der Waals surface area contributed by atoms with Gasteiger partial charge >= 0.3 is 0 Å². The molecule has 0 amide bonds. The van der Waals surface area contributed by atoms with Gasteiger partial charge in [-0.15, -0.1) is 0 Å². The van der Waals surface area contributed by atoms with Gasteiger partial charge in [-0.3, -0.25) is 10.8 Å².